The smallest absolute Gasteiger partial charge is 0.320 e. The van der Waals surface area contributed by atoms with E-state index in [4.69, 9.17) is 4.74 Å². The quantitative estimate of drug-likeness (QED) is 0.828. The number of hydrogen-bond acceptors (Lipinski definition) is 3. The Bertz CT molecular complexity index is 440. The van der Waals surface area contributed by atoms with Crippen LogP contribution in [0.25, 0.3) is 0 Å². The standard InChI is InChI=1S/C16H23NO2/c1-12(2)17-10-16(18)19-11-13-7-8-14-5-3-4-6-15(14)9-13/h7-9,12,17H,3-6,10-11H2,1-2H3. The molecule has 19 heavy (non-hydrogen) atoms. The van der Waals surface area contributed by atoms with E-state index in [1.807, 2.05) is 13.8 Å². The molecule has 0 saturated heterocycles. The highest BCUT2D eigenvalue weighted by Crippen LogP contribution is 2.22. The SMILES string of the molecule is CC(C)NCC(=O)OCc1ccc2c(c1)CCCC2. The molecule has 2 rings (SSSR count). The molecule has 104 valence electrons. The Morgan fingerprint density at radius 3 is 2.74 bits per heavy atom. The van der Waals surface area contributed by atoms with Crippen molar-refractivity contribution >= 4 is 5.97 Å². The zero-order valence-corrected chi connectivity index (χ0v) is 11.9. The Kier molecular flexibility index (Phi) is 4.97. The van der Waals surface area contributed by atoms with Gasteiger partial charge in [-0.2, -0.15) is 0 Å². The van der Waals surface area contributed by atoms with Gasteiger partial charge in [-0.3, -0.25) is 4.79 Å². The van der Waals surface area contributed by atoms with Gasteiger partial charge in [0.15, 0.2) is 0 Å². The van der Waals surface area contributed by atoms with E-state index in [2.05, 4.69) is 23.5 Å². The molecule has 0 fully saturated rings. The molecule has 0 aromatic heterocycles. The summed E-state index contributed by atoms with van der Waals surface area (Å²) in [5.74, 6) is -0.188. The minimum atomic E-state index is -0.188. The van der Waals surface area contributed by atoms with E-state index in [9.17, 15) is 4.79 Å². The summed E-state index contributed by atoms with van der Waals surface area (Å²) in [5.41, 5.74) is 3.99. The maximum Gasteiger partial charge on any atom is 0.320 e. The van der Waals surface area contributed by atoms with Crippen LogP contribution in [0.5, 0.6) is 0 Å². The van der Waals surface area contributed by atoms with Gasteiger partial charge in [-0.1, -0.05) is 32.0 Å². The number of nitrogens with one attached hydrogen (secondary N) is 1. The molecular formula is C16H23NO2. The Hall–Kier alpha value is -1.35. The van der Waals surface area contributed by atoms with Crippen LogP contribution in [0.3, 0.4) is 0 Å². The van der Waals surface area contributed by atoms with Gasteiger partial charge in [0.25, 0.3) is 0 Å². The van der Waals surface area contributed by atoms with E-state index >= 15 is 0 Å². The van der Waals surface area contributed by atoms with Crippen LogP contribution in [0.1, 0.15) is 43.4 Å². The van der Waals surface area contributed by atoms with Gasteiger partial charge in [0.1, 0.15) is 6.61 Å². The number of ether oxygens (including phenoxy) is 1. The predicted molar refractivity (Wildman–Crippen MR) is 76.0 cm³/mol. The van der Waals surface area contributed by atoms with Crippen LogP contribution in [0.2, 0.25) is 0 Å². The molecule has 0 radical (unpaired) electrons. The molecular weight excluding hydrogens is 238 g/mol. The summed E-state index contributed by atoms with van der Waals surface area (Å²) in [4.78, 5) is 11.5. The van der Waals surface area contributed by atoms with Crippen molar-refractivity contribution in [3.8, 4) is 0 Å². The largest absolute Gasteiger partial charge is 0.460 e. The molecule has 0 amide bonds. The molecule has 0 unspecified atom stereocenters. The molecule has 1 aliphatic rings. The van der Waals surface area contributed by atoms with Gasteiger partial charge < -0.3 is 10.1 Å². The Labute approximate surface area is 115 Å². The van der Waals surface area contributed by atoms with Crippen LogP contribution in [-0.4, -0.2) is 18.6 Å². The number of esters is 1. The monoisotopic (exact) mass is 261 g/mol. The van der Waals surface area contributed by atoms with Crippen molar-refractivity contribution in [1.82, 2.24) is 5.32 Å². The van der Waals surface area contributed by atoms with Gasteiger partial charge in [-0.25, -0.2) is 0 Å². The second kappa shape index (κ2) is 6.71. The van der Waals surface area contributed by atoms with Crippen molar-refractivity contribution < 1.29 is 9.53 Å². The molecule has 1 aromatic carbocycles. The minimum absolute atomic E-state index is 0.188. The first-order chi connectivity index (χ1) is 9.15. The fourth-order valence-electron chi connectivity index (χ4n) is 2.38. The molecule has 0 aliphatic heterocycles. The Balaban J connectivity index is 1.84. The number of carbonyl (C=O) groups is 1. The third-order valence-corrected chi connectivity index (χ3v) is 3.47. The van der Waals surface area contributed by atoms with E-state index in [1.54, 1.807) is 0 Å². The highest BCUT2D eigenvalue weighted by atomic mass is 16.5. The maximum atomic E-state index is 11.5. The van der Waals surface area contributed by atoms with Crippen molar-refractivity contribution in [2.45, 2.75) is 52.2 Å². The van der Waals surface area contributed by atoms with E-state index < -0.39 is 0 Å². The molecule has 3 heteroatoms. The number of fused-ring (bicyclic) bond motifs is 1. The molecule has 0 heterocycles. The summed E-state index contributed by atoms with van der Waals surface area (Å²) in [6.07, 6.45) is 4.91. The minimum Gasteiger partial charge on any atom is -0.460 e. The van der Waals surface area contributed by atoms with E-state index in [-0.39, 0.29) is 12.5 Å². The van der Waals surface area contributed by atoms with E-state index in [0.717, 1.165) is 12.0 Å². The fraction of sp³-hybridized carbons (Fsp3) is 0.562. The van der Waals surface area contributed by atoms with Gasteiger partial charge in [0.2, 0.25) is 0 Å². The van der Waals surface area contributed by atoms with Crippen molar-refractivity contribution in [3.05, 3.63) is 34.9 Å². The summed E-state index contributed by atoms with van der Waals surface area (Å²) in [6, 6.07) is 6.76. The van der Waals surface area contributed by atoms with Crippen molar-refractivity contribution in [1.29, 1.82) is 0 Å². The van der Waals surface area contributed by atoms with Gasteiger partial charge in [-0.15, -0.1) is 0 Å². The maximum absolute atomic E-state index is 11.5. The number of carbonyl (C=O) groups excluding carboxylic acids is 1. The predicted octanol–water partition coefficient (Wildman–Crippen LogP) is 2.61. The fourth-order valence-corrected chi connectivity index (χ4v) is 2.38. The van der Waals surface area contributed by atoms with Gasteiger partial charge >= 0.3 is 5.97 Å². The van der Waals surface area contributed by atoms with Crippen LogP contribution in [0.15, 0.2) is 18.2 Å². The summed E-state index contributed by atoms with van der Waals surface area (Å²) in [5, 5.41) is 3.06. The van der Waals surface area contributed by atoms with Gasteiger partial charge in [-0.05, 0) is 42.4 Å². The molecule has 1 aliphatic carbocycles. The molecule has 0 spiro atoms. The van der Waals surface area contributed by atoms with Crippen LogP contribution < -0.4 is 5.32 Å². The zero-order valence-electron chi connectivity index (χ0n) is 11.9. The lowest BCUT2D eigenvalue weighted by Gasteiger charge is -2.16. The average molecular weight is 261 g/mol. The molecule has 0 bridgehead atoms. The molecule has 1 aromatic rings. The first-order valence-electron chi connectivity index (χ1n) is 7.15. The van der Waals surface area contributed by atoms with Crippen molar-refractivity contribution in [2.75, 3.05) is 6.54 Å². The van der Waals surface area contributed by atoms with Gasteiger partial charge in [0, 0.05) is 6.04 Å². The van der Waals surface area contributed by atoms with Crippen molar-refractivity contribution in [2.24, 2.45) is 0 Å². The number of benzene rings is 1. The second-order valence-electron chi connectivity index (χ2n) is 5.51. The first kappa shape index (κ1) is 14.1. The number of rotatable bonds is 5. The lowest BCUT2D eigenvalue weighted by Crippen LogP contribution is -2.30. The van der Waals surface area contributed by atoms with Crippen LogP contribution in [0, 0.1) is 0 Å². The second-order valence-corrected chi connectivity index (χ2v) is 5.51. The Morgan fingerprint density at radius 1 is 1.26 bits per heavy atom. The first-order valence-corrected chi connectivity index (χ1v) is 7.15. The molecule has 3 nitrogen and oxygen atoms in total. The van der Waals surface area contributed by atoms with Gasteiger partial charge in [0.05, 0.1) is 6.54 Å². The lowest BCUT2D eigenvalue weighted by atomic mass is 9.90. The third kappa shape index (κ3) is 4.35. The summed E-state index contributed by atoms with van der Waals surface area (Å²) in [6.45, 7) is 4.68. The summed E-state index contributed by atoms with van der Waals surface area (Å²) >= 11 is 0. The number of hydrogen-bond donors (Lipinski definition) is 1. The van der Waals surface area contributed by atoms with Crippen LogP contribution in [-0.2, 0) is 29.0 Å². The van der Waals surface area contributed by atoms with Crippen LogP contribution >= 0.6 is 0 Å². The van der Waals surface area contributed by atoms with Crippen molar-refractivity contribution in [3.63, 3.8) is 0 Å². The normalized spacial score (nSPS) is 14.3. The number of aryl methyl sites for hydroxylation is 2. The average Bonchev–Trinajstić information content (AvgIpc) is 2.42. The Morgan fingerprint density at radius 2 is 2.00 bits per heavy atom. The zero-order chi connectivity index (χ0) is 13.7. The summed E-state index contributed by atoms with van der Waals surface area (Å²) in [7, 11) is 0. The topological polar surface area (TPSA) is 38.3 Å². The van der Waals surface area contributed by atoms with Crippen LogP contribution in [0.4, 0.5) is 0 Å². The lowest BCUT2D eigenvalue weighted by molar-refractivity contribution is -0.143. The van der Waals surface area contributed by atoms with E-state index in [0.29, 0.717) is 12.6 Å². The summed E-state index contributed by atoms with van der Waals surface area (Å²) < 4.78 is 5.27. The van der Waals surface area contributed by atoms with E-state index in [1.165, 1.54) is 30.4 Å². The highest BCUT2D eigenvalue weighted by Gasteiger charge is 2.10. The molecule has 0 atom stereocenters. The highest BCUT2D eigenvalue weighted by molar-refractivity contribution is 5.71. The third-order valence-electron chi connectivity index (χ3n) is 3.47. The molecule has 0 saturated carbocycles. The molecule has 1 N–H and O–H groups in total.